The van der Waals surface area contributed by atoms with Gasteiger partial charge >= 0.3 is 0 Å². The number of hydrogen-bond donors (Lipinski definition) is 2. The highest BCUT2D eigenvalue weighted by molar-refractivity contribution is 8.00. The summed E-state index contributed by atoms with van der Waals surface area (Å²) in [4.78, 5) is 20.5. The molecule has 2 aliphatic heterocycles. The first-order chi connectivity index (χ1) is 11.6. The van der Waals surface area contributed by atoms with Crippen LogP contribution in [0.15, 0.2) is 4.99 Å². The number of carbonyl (C=O) groups excluding carboxylic acids is 1. The lowest BCUT2D eigenvalue weighted by molar-refractivity contribution is -0.133. The Balaban J connectivity index is 1.63. The molecule has 2 aliphatic rings. The van der Waals surface area contributed by atoms with E-state index < -0.39 is 0 Å². The molecule has 0 saturated carbocycles. The van der Waals surface area contributed by atoms with E-state index in [0.29, 0.717) is 0 Å². The Kier molecular flexibility index (Phi) is 8.18. The van der Waals surface area contributed by atoms with Crippen molar-refractivity contribution in [1.29, 1.82) is 0 Å². The van der Waals surface area contributed by atoms with Crippen LogP contribution in [0.4, 0.5) is 0 Å². The lowest BCUT2D eigenvalue weighted by Crippen LogP contribution is -2.44. The Hall–Kier alpha value is -0.950. The molecule has 2 heterocycles. The Morgan fingerprint density at radius 3 is 2.79 bits per heavy atom. The highest BCUT2D eigenvalue weighted by Crippen LogP contribution is 2.25. The van der Waals surface area contributed by atoms with Crippen molar-refractivity contribution in [2.24, 2.45) is 4.99 Å². The zero-order chi connectivity index (χ0) is 17.4. The van der Waals surface area contributed by atoms with Gasteiger partial charge in [0.15, 0.2) is 5.96 Å². The summed E-state index contributed by atoms with van der Waals surface area (Å²) in [6.45, 7) is 3.88. The average molecular weight is 356 g/mol. The van der Waals surface area contributed by atoms with Crippen LogP contribution in [-0.2, 0) is 4.79 Å². The lowest BCUT2D eigenvalue weighted by Gasteiger charge is -2.26. The second-order valence-electron chi connectivity index (χ2n) is 6.80. The highest BCUT2D eigenvalue weighted by Gasteiger charge is 2.30. The minimum atomic E-state index is 0.0804. The fraction of sp³-hybridized carbons (Fsp3) is 0.882. The molecule has 1 amide bonds. The minimum Gasteiger partial charge on any atom is -0.356 e. The summed E-state index contributed by atoms with van der Waals surface area (Å²) in [5.41, 5.74) is 0. The number of guanidine groups is 1. The van der Waals surface area contributed by atoms with E-state index in [4.69, 9.17) is 0 Å². The third-order valence-corrected chi connectivity index (χ3v) is 6.15. The summed E-state index contributed by atoms with van der Waals surface area (Å²) in [6.07, 6.45) is 5.79. The maximum Gasteiger partial charge on any atom is 0.239 e. The lowest BCUT2D eigenvalue weighted by atomic mass is 10.2. The van der Waals surface area contributed by atoms with E-state index in [1.807, 2.05) is 21.1 Å². The van der Waals surface area contributed by atoms with Crippen LogP contribution in [0.1, 0.15) is 32.1 Å². The predicted molar refractivity (Wildman–Crippen MR) is 103 cm³/mol. The van der Waals surface area contributed by atoms with Gasteiger partial charge in [0.05, 0.1) is 6.04 Å². The standard InChI is InChI=1S/C17H33N5OS/c1-18-17(20-13-14-7-5-12-24-14)19-9-6-11-22-10-4-8-15(22)16(23)21(2)3/h14-15H,4-13H2,1-3H3,(H2,18,19,20). The van der Waals surface area contributed by atoms with Crippen LogP contribution in [0.5, 0.6) is 0 Å². The molecule has 2 saturated heterocycles. The van der Waals surface area contributed by atoms with E-state index in [-0.39, 0.29) is 11.9 Å². The number of carbonyl (C=O) groups is 1. The van der Waals surface area contributed by atoms with E-state index in [1.165, 1.54) is 18.6 Å². The zero-order valence-electron chi connectivity index (χ0n) is 15.4. The fourth-order valence-corrected chi connectivity index (χ4v) is 4.60. The molecule has 0 aliphatic carbocycles. The van der Waals surface area contributed by atoms with Crippen LogP contribution in [0.25, 0.3) is 0 Å². The Morgan fingerprint density at radius 1 is 1.29 bits per heavy atom. The van der Waals surface area contributed by atoms with Gasteiger partial charge in [-0.1, -0.05) is 0 Å². The van der Waals surface area contributed by atoms with Gasteiger partial charge in [-0.15, -0.1) is 0 Å². The third-order valence-electron chi connectivity index (χ3n) is 4.75. The molecular weight excluding hydrogens is 322 g/mol. The first-order valence-corrected chi connectivity index (χ1v) is 10.2. The van der Waals surface area contributed by atoms with Crippen LogP contribution in [0.3, 0.4) is 0 Å². The maximum atomic E-state index is 12.2. The molecular formula is C17H33N5OS. The van der Waals surface area contributed by atoms with Gasteiger partial charge in [-0.05, 0) is 44.4 Å². The number of hydrogen-bond acceptors (Lipinski definition) is 4. The van der Waals surface area contributed by atoms with Crippen LogP contribution in [-0.4, -0.2) is 86.0 Å². The van der Waals surface area contributed by atoms with Crippen LogP contribution < -0.4 is 10.6 Å². The van der Waals surface area contributed by atoms with Crippen molar-refractivity contribution in [3.8, 4) is 0 Å². The van der Waals surface area contributed by atoms with Crippen molar-refractivity contribution >= 4 is 23.6 Å². The van der Waals surface area contributed by atoms with Gasteiger partial charge in [0.25, 0.3) is 0 Å². The van der Waals surface area contributed by atoms with Gasteiger partial charge in [-0.2, -0.15) is 11.8 Å². The molecule has 2 unspecified atom stereocenters. The molecule has 0 spiro atoms. The minimum absolute atomic E-state index is 0.0804. The van der Waals surface area contributed by atoms with Crippen molar-refractivity contribution < 1.29 is 4.79 Å². The summed E-state index contributed by atoms with van der Waals surface area (Å²) < 4.78 is 0. The molecule has 2 atom stereocenters. The van der Waals surface area contributed by atoms with Crippen molar-refractivity contribution in [1.82, 2.24) is 20.4 Å². The Labute approximate surface area is 150 Å². The van der Waals surface area contributed by atoms with Crippen molar-refractivity contribution in [2.45, 2.75) is 43.4 Å². The molecule has 6 nitrogen and oxygen atoms in total. The topological polar surface area (TPSA) is 60.0 Å². The number of nitrogens with zero attached hydrogens (tertiary/aromatic N) is 3. The monoisotopic (exact) mass is 355 g/mol. The second kappa shape index (κ2) is 10.1. The summed E-state index contributed by atoms with van der Waals surface area (Å²) >= 11 is 2.06. The highest BCUT2D eigenvalue weighted by atomic mass is 32.2. The molecule has 24 heavy (non-hydrogen) atoms. The molecule has 0 aromatic heterocycles. The quantitative estimate of drug-likeness (QED) is 0.405. The summed E-state index contributed by atoms with van der Waals surface area (Å²) in [6, 6.07) is 0.0804. The van der Waals surface area contributed by atoms with Crippen molar-refractivity contribution in [2.75, 3.05) is 53.1 Å². The van der Waals surface area contributed by atoms with E-state index in [1.54, 1.807) is 4.90 Å². The number of likely N-dealkylation sites (N-methyl/N-ethyl adjacent to an activating group) is 1. The molecule has 2 rings (SSSR count). The van der Waals surface area contributed by atoms with Gasteiger partial charge in [-0.3, -0.25) is 14.7 Å². The number of likely N-dealkylation sites (tertiary alicyclic amines) is 1. The first kappa shape index (κ1) is 19.4. The van der Waals surface area contributed by atoms with E-state index >= 15 is 0 Å². The first-order valence-electron chi connectivity index (χ1n) is 9.13. The molecule has 138 valence electrons. The Bertz CT molecular complexity index is 423. The SMILES string of the molecule is CN=C(NCCCN1CCCC1C(=O)N(C)C)NCC1CCCS1. The Morgan fingerprint density at radius 2 is 2.12 bits per heavy atom. The molecule has 7 heteroatoms. The summed E-state index contributed by atoms with van der Waals surface area (Å²) in [7, 11) is 5.51. The van der Waals surface area contributed by atoms with Gasteiger partial charge in [0.1, 0.15) is 0 Å². The number of thioether (sulfide) groups is 1. The smallest absolute Gasteiger partial charge is 0.239 e. The van der Waals surface area contributed by atoms with Crippen LogP contribution in [0.2, 0.25) is 0 Å². The molecule has 0 aromatic carbocycles. The molecule has 0 aromatic rings. The molecule has 2 N–H and O–H groups in total. The van der Waals surface area contributed by atoms with Gasteiger partial charge in [0, 0.05) is 46.0 Å². The van der Waals surface area contributed by atoms with E-state index in [9.17, 15) is 4.79 Å². The van der Waals surface area contributed by atoms with E-state index in [2.05, 4.69) is 32.3 Å². The number of aliphatic imine (C=N–C) groups is 1. The number of rotatable bonds is 7. The summed E-state index contributed by atoms with van der Waals surface area (Å²) in [5, 5.41) is 7.54. The van der Waals surface area contributed by atoms with Gasteiger partial charge in [-0.25, -0.2) is 0 Å². The number of amides is 1. The molecule has 2 fully saturated rings. The maximum absolute atomic E-state index is 12.2. The second-order valence-corrected chi connectivity index (χ2v) is 8.20. The van der Waals surface area contributed by atoms with E-state index in [0.717, 1.165) is 56.7 Å². The van der Waals surface area contributed by atoms with Crippen LogP contribution >= 0.6 is 11.8 Å². The average Bonchev–Trinajstić information content (AvgIpc) is 3.24. The predicted octanol–water partition coefficient (Wildman–Crippen LogP) is 0.990. The fourth-order valence-electron chi connectivity index (χ4n) is 3.40. The summed E-state index contributed by atoms with van der Waals surface area (Å²) in [5.74, 6) is 2.43. The third kappa shape index (κ3) is 5.84. The van der Waals surface area contributed by atoms with Gasteiger partial charge in [0.2, 0.25) is 5.91 Å². The molecule has 0 radical (unpaired) electrons. The zero-order valence-corrected chi connectivity index (χ0v) is 16.2. The number of nitrogens with one attached hydrogen (secondary N) is 2. The van der Waals surface area contributed by atoms with Gasteiger partial charge < -0.3 is 15.5 Å². The normalized spacial score (nSPS) is 25.0. The largest absolute Gasteiger partial charge is 0.356 e. The van der Waals surface area contributed by atoms with Crippen molar-refractivity contribution in [3.05, 3.63) is 0 Å². The van der Waals surface area contributed by atoms with Crippen LogP contribution in [0, 0.1) is 0 Å². The van der Waals surface area contributed by atoms with Crippen molar-refractivity contribution in [3.63, 3.8) is 0 Å². The molecule has 0 bridgehead atoms.